The molecule has 80 valence electrons. The summed E-state index contributed by atoms with van der Waals surface area (Å²) in [6.45, 7) is 2.04. The van der Waals surface area contributed by atoms with E-state index in [0.29, 0.717) is 0 Å². The summed E-state index contributed by atoms with van der Waals surface area (Å²) < 4.78 is 0. The molecule has 2 fully saturated rings. The SMILES string of the molecule is CC(N)C12CCC(NC(=O)O)(CC1)C2. The van der Waals surface area contributed by atoms with Crippen LogP contribution >= 0.6 is 0 Å². The molecule has 4 nitrogen and oxygen atoms in total. The molecule has 2 rings (SSSR count). The number of carboxylic acid groups (broad SMARTS) is 1. The van der Waals surface area contributed by atoms with E-state index in [1.807, 2.05) is 6.92 Å². The number of hydrogen-bond acceptors (Lipinski definition) is 2. The lowest BCUT2D eigenvalue weighted by Gasteiger charge is -2.30. The molecule has 1 atom stereocenters. The first-order valence-corrected chi connectivity index (χ1v) is 5.25. The van der Waals surface area contributed by atoms with Crippen LogP contribution < -0.4 is 11.1 Å². The lowest BCUT2D eigenvalue weighted by molar-refractivity contribution is 0.177. The predicted octanol–water partition coefficient (Wildman–Crippen LogP) is 1.30. The minimum absolute atomic E-state index is 0.153. The molecule has 0 radical (unpaired) electrons. The van der Waals surface area contributed by atoms with Crippen molar-refractivity contribution in [1.82, 2.24) is 5.32 Å². The van der Waals surface area contributed by atoms with E-state index in [0.717, 1.165) is 32.1 Å². The normalized spacial score (nSPS) is 42.4. The molecule has 0 aliphatic heterocycles. The molecule has 1 amide bonds. The lowest BCUT2D eigenvalue weighted by atomic mass is 9.78. The van der Waals surface area contributed by atoms with E-state index in [9.17, 15) is 4.79 Å². The molecule has 1 unspecified atom stereocenters. The van der Waals surface area contributed by atoms with Crippen LogP contribution in [0, 0.1) is 5.41 Å². The maximum Gasteiger partial charge on any atom is 0.405 e. The molecule has 4 N–H and O–H groups in total. The Morgan fingerprint density at radius 2 is 2.00 bits per heavy atom. The molecule has 0 heterocycles. The van der Waals surface area contributed by atoms with Crippen molar-refractivity contribution in [3.63, 3.8) is 0 Å². The average molecular weight is 198 g/mol. The summed E-state index contributed by atoms with van der Waals surface area (Å²) in [6, 6.07) is 0.183. The Morgan fingerprint density at radius 1 is 1.43 bits per heavy atom. The minimum Gasteiger partial charge on any atom is -0.465 e. The maximum atomic E-state index is 10.7. The van der Waals surface area contributed by atoms with Crippen molar-refractivity contribution in [2.24, 2.45) is 11.1 Å². The highest BCUT2D eigenvalue weighted by Gasteiger charge is 2.56. The molecule has 0 aromatic rings. The van der Waals surface area contributed by atoms with Crippen LogP contribution in [0.15, 0.2) is 0 Å². The zero-order valence-electron chi connectivity index (χ0n) is 8.55. The third-order valence-electron chi connectivity index (χ3n) is 4.23. The number of nitrogens with two attached hydrogens (primary N) is 1. The van der Waals surface area contributed by atoms with E-state index < -0.39 is 6.09 Å². The lowest BCUT2D eigenvalue weighted by Crippen LogP contribution is -2.44. The summed E-state index contributed by atoms with van der Waals surface area (Å²) in [4.78, 5) is 10.7. The van der Waals surface area contributed by atoms with Gasteiger partial charge < -0.3 is 16.2 Å². The monoisotopic (exact) mass is 198 g/mol. The van der Waals surface area contributed by atoms with Gasteiger partial charge in [0.15, 0.2) is 0 Å². The van der Waals surface area contributed by atoms with Gasteiger partial charge in [0.2, 0.25) is 0 Å². The largest absolute Gasteiger partial charge is 0.465 e. The molecule has 0 aromatic heterocycles. The van der Waals surface area contributed by atoms with Gasteiger partial charge in [-0.1, -0.05) is 0 Å². The Kier molecular flexibility index (Phi) is 2.00. The summed E-state index contributed by atoms with van der Waals surface area (Å²) in [6.07, 6.45) is 4.11. The smallest absolute Gasteiger partial charge is 0.405 e. The van der Waals surface area contributed by atoms with Crippen molar-refractivity contribution in [1.29, 1.82) is 0 Å². The summed E-state index contributed by atoms with van der Waals surface area (Å²) in [7, 11) is 0. The van der Waals surface area contributed by atoms with Gasteiger partial charge in [-0.25, -0.2) is 4.79 Å². The number of fused-ring (bicyclic) bond motifs is 2. The Morgan fingerprint density at radius 3 is 2.36 bits per heavy atom. The van der Waals surface area contributed by atoms with Crippen LogP contribution in [-0.2, 0) is 0 Å². The molecule has 2 aliphatic carbocycles. The second-order valence-electron chi connectivity index (χ2n) is 5.04. The molecular weight excluding hydrogens is 180 g/mol. The van der Waals surface area contributed by atoms with Gasteiger partial charge in [-0.2, -0.15) is 0 Å². The van der Waals surface area contributed by atoms with Crippen LogP contribution in [0.4, 0.5) is 4.79 Å². The fraction of sp³-hybridized carbons (Fsp3) is 0.900. The molecular formula is C10H18N2O2. The number of nitrogens with one attached hydrogen (secondary N) is 1. The third-order valence-corrected chi connectivity index (χ3v) is 4.23. The molecule has 0 aromatic carbocycles. The number of amides is 1. The minimum atomic E-state index is -0.896. The Balaban J connectivity index is 2.12. The standard InChI is InChI=1S/C10H18N2O2/c1-7(11)9-2-4-10(6-9,5-3-9)12-8(13)14/h7,12H,2-6,11H2,1H3,(H,13,14). The summed E-state index contributed by atoms with van der Waals surface area (Å²) in [5.41, 5.74) is 6.04. The summed E-state index contributed by atoms with van der Waals surface area (Å²) in [5, 5.41) is 11.5. The molecule has 2 saturated carbocycles. The van der Waals surface area contributed by atoms with Gasteiger partial charge in [-0.05, 0) is 44.4 Å². The quantitative estimate of drug-likeness (QED) is 0.626. The van der Waals surface area contributed by atoms with E-state index >= 15 is 0 Å². The first-order chi connectivity index (χ1) is 6.48. The first-order valence-electron chi connectivity index (χ1n) is 5.25. The van der Waals surface area contributed by atoms with Crippen LogP contribution in [0.3, 0.4) is 0 Å². The average Bonchev–Trinajstić information content (AvgIpc) is 2.58. The van der Waals surface area contributed by atoms with Crippen molar-refractivity contribution in [3.05, 3.63) is 0 Å². The van der Waals surface area contributed by atoms with E-state index in [4.69, 9.17) is 10.8 Å². The van der Waals surface area contributed by atoms with E-state index in [1.165, 1.54) is 0 Å². The molecule has 2 aliphatic rings. The third kappa shape index (κ3) is 1.29. The number of hydrogen-bond donors (Lipinski definition) is 3. The number of rotatable bonds is 2. The van der Waals surface area contributed by atoms with Crippen LogP contribution in [0.1, 0.15) is 39.0 Å². The Bertz CT molecular complexity index is 255. The van der Waals surface area contributed by atoms with Gasteiger partial charge in [0.1, 0.15) is 0 Å². The second-order valence-corrected chi connectivity index (χ2v) is 5.04. The van der Waals surface area contributed by atoms with E-state index in [1.54, 1.807) is 0 Å². The van der Waals surface area contributed by atoms with Crippen LogP contribution in [0.2, 0.25) is 0 Å². The molecule has 0 spiro atoms. The van der Waals surface area contributed by atoms with Gasteiger partial charge in [0, 0.05) is 11.6 Å². The van der Waals surface area contributed by atoms with Crippen LogP contribution in [0.25, 0.3) is 0 Å². The van der Waals surface area contributed by atoms with Gasteiger partial charge in [0.05, 0.1) is 0 Å². The zero-order chi connectivity index (χ0) is 10.4. The van der Waals surface area contributed by atoms with Crippen molar-refractivity contribution in [3.8, 4) is 0 Å². The van der Waals surface area contributed by atoms with Crippen LogP contribution in [0.5, 0.6) is 0 Å². The highest BCUT2D eigenvalue weighted by molar-refractivity contribution is 5.66. The topological polar surface area (TPSA) is 75.3 Å². The van der Waals surface area contributed by atoms with E-state index in [2.05, 4.69) is 5.32 Å². The first kappa shape index (κ1) is 9.77. The Labute approximate surface area is 83.9 Å². The van der Waals surface area contributed by atoms with Crippen molar-refractivity contribution in [2.75, 3.05) is 0 Å². The molecule has 14 heavy (non-hydrogen) atoms. The van der Waals surface area contributed by atoms with Crippen molar-refractivity contribution in [2.45, 2.75) is 50.6 Å². The number of carbonyl (C=O) groups is 1. The molecule has 2 bridgehead atoms. The zero-order valence-corrected chi connectivity index (χ0v) is 8.55. The Hall–Kier alpha value is -0.770. The highest BCUT2D eigenvalue weighted by atomic mass is 16.4. The predicted molar refractivity (Wildman–Crippen MR) is 53.1 cm³/mol. The molecule has 4 heteroatoms. The van der Waals surface area contributed by atoms with Crippen molar-refractivity contribution < 1.29 is 9.90 Å². The maximum absolute atomic E-state index is 10.7. The van der Waals surface area contributed by atoms with Crippen molar-refractivity contribution >= 4 is 6.09 Å². The van der Waals surface area contributed by atoms with Gasteiger partial charge >= 0.3 is 6.09 Å². The highest BCUT2D eigenvalue weighted by Crippen LogP contribution is 2.57. The van der Waals surface area contributed by atoms with Gasteiger partial charge in [-0.3, -0.25) is 0 Å². The van der Waals surface area contributed by atoms with Gasteiger partial charge in [-0.15, -0.1) is 0 Å². The van der Waals surface area contributed by atoms with E-state index in [-0.39, 0.29) is 17.0 Å². The second kappa shape index (κ2) is 2.86. The van der Waals surface area contributed by atoms with Gasteiger partial charge in [0.25, 0.3) is 0 Å². The molecule has 0 saturated heterocycles. The summed E-state index contributed by atoms with van der Waals surface area (Å²) in [5.74, 6) is 0. The van der Waals surface area contributed by atoms with Crippen LogP contribution in [-0.4, -0.2) is 22.8 Å². The fourth-order valence-electron chi connectivity index (χ4n) is 3.27. The summed E-state index contributed by atoms with van der Waals surface area (Å²) >= 11 is 0. The fourth-order valence-corrected chi connectivity index (χ4v) is 3.27.